The molecule has 0 unspecified atom stereocenters. The van der Waals surface area contributed by atoms with E-state index in [9.17, 15) is 0 Å². The fourth-order valence-corrected chi connectivity index (χ4v) is 5.40. The molecule has 0 amide bonds. The van der Waals surface area contributed by atoms with Gasteiger partial charge in [0.2, 0.25) is 0 Å². The van der Waals surface area contributed by atoms with E-state index in [4.69, 9.17) is 4.74 Å². The number of hydrogen-bond donors (Lipinski definition) is 0. The maximum Gasteiger partial charge on any atom is 0.171 e. The Balaban J connectivity index is 2.00. The second-order valence-electron chi connectivity index (χ2n) is 6.40. The van der Waals surface area contributed by atoms with Gasteiger partial charge in [0.15, 0.2) is 14.7 Å². The van der Waals surface area contributed by atoms with Crippen LogP contribution in [-0.4, -0.2) is 31.7 Å². The molecule has 0 aliphatic rings. The van der Waals surface area contributed by atoms with Gasteiger partial charge in [-0.1, -0.05) is 61.5 Å². The van der Waals surface area contributed by atoms with Gasteiger partial charge in [0.25, 0.3) is 0 Å². The third-order valence-corrected chi connectivity index (χ3v) is 6.93. The Kier molecular flexibility index (Phi) is 7.52. The van der Waals surface area contributed by atoms with Crippen LogP contribution in [0.2, 0.25) is 0 Å². The van der Waals surface area contributed by atoms with E-state index in [0.29, 0.717) is 0 Å². The average molecular weight is 379 g/mol. The first-order chi connectivity index (χ1) is 13.3. The van der Waals surface area contributed by atoms with Gasteiger partial charge < -0.3 is 4.74 Å². The second-order valence-corrected chi connectivity index (χ2v) is 8.40. The van der Waals surface area contributed by atoms with Crippen LogP contribution in [0.15, 0.2) is 99.6 Å². The standard InChI is InChI=1S/C24H28NOS/c1-3-25(18-19-26-2)20-21-12-10-11-17-24(21)27(22-13-6-4-7-14-22)23-15-8-5-9-16-23/h4-17H,3,18-20H2,1-2H3/q+1. The number of methoxy groups -OCH3 is 1. The minimum Gasteiger partial charge on any atom is -0.383 e. The lowest BCUT2D eigenvalue weighted by atomic mass is 10.2. The Morgan fingerprint density at radius 2 is 1.33 bits per heavy atom. The molecule has 3 rings (SSSR count). The summed E-state index contributed by atoms with van der Waals surface area (Å²) in [6.07, 6.45) is 0. The first kappa shape index (κ1) is 19.7. The van der Waals surface area contributed by atoms with Gasteiger partial charge in [0.05, 0.1) is 17.5 Å². The minimum absolute atomic E-state index is 0.108. The van der Waals surface area contributed by atoms with Gasteiger partial charge in [0, 0.05) is 25.8 Å². The summed E-state index contributed by atoms with van der Waals surface area (Å²) in [5.74, 6) is 0. The number of rotatable bonds is 9. The number of ether oxygens (including phenoxy) is 1. The first-order valence-corrected chi connectivity index (χ1v) is 10.7. The van der Waals surface area contributed by atoms with Crippen molar-refractivity contribution in [3.8, 4) is 0 Å². The number of likely N-dealkylation sites (N-methyl/N-ethyl adjacent to an activating group) is 1. The van der Waals surface area contributed by atoms with Crippen molar-refractivity contribution in [3.63, 3.8) is 0 Å². The zero-order chi connectivity index (χ0) is 18.9. The highest BCUT2D eigenvalue weighted by molar-refractivity contribution is 7.97. The molecule has 0 atom stereocenters. The van der Waals surface area contributed by atoms with Crippen LogP contribution in [-0.2, 0) is 22.2 Å². The number of nitrogens with zero attached hydrogens (tertiary/aromatic N) is 1. The van der Waals surface area contributed by atoms with Crippen molar-refractivity contribution in [1.82, 2.24) is 4.90 Å². The van der Waals surface area contributed by atoms with Crippen LogP contribution in [0.25, 0.3) is 0 Å². The van der Waals surface area contributed by atoms with E-state index in [2.05, 4.69) is 96.8 Å². The Morgan fingerprint density at radius 1 is 0.778 bits per heavy atom. The Hall–Kier alpha value is -2.07. The van der Waals surface area contributed by atoms with Crippen LogP contribution in [0.3, 0.4) is 0 Å². The summed E-state index contributed by atoms with van der Waals surface area (Å²) in [5, 5.41) is 0. The second kappa shape index (κ2) is 10.3. The summed E-state index contributed by atoms with van der Waals surface area (Å²) in [6, 6.07) is 30.6. The Labute approximate surface area is 166 Å². The molecule has 3 aromatic carbocycles. The molecule has 0 saturated heterocycles. The van der Waals surface area contributed by atoms with Gasteiger partial charge >= 0.3 is 0 Å². The molecule has 140 valence electrons. The first-order valence-electron chi connectivity index (χ1n) is 9.47. The molecule has 0 heterocycles. The van der Waals surface area contributed by atoms with E-state index in [0.717, 1.165) is 26.2 Å². The number of hydrogen-bond acceptors (Lipinski definition) is 2. The third-order valence-electron chi connectivity index (χ3n) is 4.60. The topological polar surface area (TPSA) is 12.5 Å². The Morgan fingerprint density at radius 3 is 1.89 bits per heavy atom. The van der Waals surface area contributed by atoms with Crippen molar-refractivity contribution in [2.75, 3.05) is 26.8 Å². The third kappa shape index (κ3) is 5.23. The van der Waals surface area contributed by atoms with Crippen LogP contribution in [0, 0.1) is 0 Å². The lowest BCUT2D eigenvalue weighted by Crippen LogP contribution is -2.27. The zero-order valence-corrected chi connectivity index (χ0v) is 17.0. The van der Waals surface area contributed by atoms with E-state index in [-0.39, 0.29) is 10.9 Å². The van der Waals surface area contributed by atoms with Crippen molar-refractivity contribution in [2.45, 2.75) is 28.2 Å². The van der Waals surface area contributed by atoms with Crippen molar-refractivity contribution >= 4 is 10.9 Å². The van der Waals surface area contributed by atoms with Gasteiger partial charge in [-0.3, -0.25) is 4.90 Å². The maximum absolute atomic E-state index is 5.29. The quantitative estimate of drug-likeness (QED) is 0.472. The molecule has 0 aliphatic carbocycles. The highest BCUT2D eigenvalue weighted by Gasteiger charge is 2.30. The summed E-state index contributed by atoms with van der Waals surface area (Å²) >= 11 is 0. The molecular weight excluding hydrogens is 350 g/mol. The highest BCUT2D eigenvalue weighted by Crippen LogP contribution is 2.33. The predicted molar refractivity (Wildman–Crippen MR) is 114 cm³/mol. The summed E-state index contributed by atoms with van der Waals surface area (Å²) in [6.45, 7) is 5.89. The largest absolute Gasteiger partial charge is 0.383 e. The lowest BCUT2D eigenvalue weighted by Gasteiger charge is -2.21. The molecular formula is C24H28NOS+. The summed E-state index contributed by atoms with van der Waals surface area (Å²) in [5.41, 5.74) is 1.39. The molecule has 0 aromatic heterocycles. The van der Waals surface area contributed by atoms with Gasteiger partial charge in [-0.05, 0) is 36.9 Å². The van der Waals surface area contributed by atoms with Crippen LogP contribution < -0.4 is 0 Å². The van der Waals surface area contributed by atoms with Crippen LogP contribution in [0.4, 0.5) is 0 Å². The predicted octanol–water partition coefficient (Wildman–Crippen LogP) is 5.25. The van der Waals surface area contributed by atoms with Crippen molar-refractivity contribution in [3.05, 3.63) is 90.5 Å². The monoisotopic (exact) mass is 378 g/mol. The SMILES string of the molecule is CCN(CCOC)Cc1ccccc1[S+](c1ccccc1)c1ccccc1. The molecule has 27 heavy (non-hydrogen) atoms. The fraction of sp³-hybridized carbons (Fsp3) is 0.250. The molecule has 0 spiro atoms. The molecule has 0 N–H and O–H groups in total. The fourth-order valence-electron chi connectivity index (χ4n) is 3.15. The van der Waals surface area contributed by atoms with Crippen LogP contribution >= 0.6 is 0 Å². The van der Waals surface area contributed by atoms with E-state index >= 15 is 0 Å². The molecule has 3 heteroatoms. The van der Waals surface area contributed by atoms with Crippen LogP contribution in [0.5, 0.6) is 0 Å². The summed E-state index contributed by atoms with van der Waals surface area (Å²) in [4.78, 5) is 6.57. The van der Waals surface area contributed by atoms with Crippen molar-refractivity contribution in [2.24, 2.45) is 0 Å². The molecule has 0 radical (unpaired) electrons. The molecule has 0 aliphatic heterocycles. The zero-order valence-electron chi connectivity index (χ0n) is 16.2. The molecule has 3 aromatic rings. The molecule has 0 fully saturated rings. The van der Waals surface area contributed by atoms with Crippen LogP contribution in [0.1, 0.15) is 12.5 Å². The normalized spacial score (nSPS) is 11.3. The maximum atomic E-state index is 5.29. The average Bonchev–Trinajstić information content (AvgIpc) is 2.74. The van der Waals surface area contributed by atoms with E-state index in [1.807, 2.05) is 0 Å². The van der Waals surface area contributed by atoms with Crippen molar-refractivity contribution < 1.29 is 4.74 Å². The Bertz CT molecular complexity index is 767. The summed E-state index contributed by atoms with van der Waals surface area (Å²) < 4.78 is 5.29. The minimum atomic E-state index is -0.108. The van der Waals surface area contributed by atoms with E-state index < -0.39 is 0 Å². The molecule has 0 bridgehead atoms. The van der Waals surface area contributed by atoms with Gasteiger partial charge in [-0.15, -0.1) is 0 Å². The molecule has 0 saturated carbocycles. The van der Waals surface area contributed by atoms with Gasteiger partial charge in [-0.2, -0.15) is 0 Å². The highest BCUT2D eigenvalue weighted by atomic mass is 32.2. The van der Waals surface area contributed by atoms with Gasteiger partial charge in [-0.25, -0.2) is 0 Å². The molecule has 2 nitrogen and oxygen atoms in total. The van der Waals surface area contributed by atoms with E-state index in [1.54, 1.807) is 7.11 Å². The lowest BCUT2D eigenvalue weighted by molar-refractivity contribution is 0.147. The van der Waals surface area contributed by atoms with Gasteiger partial charge in [0.1, 0.15) is 0 Å². The van der Waals surface area contributed by atoms with E-state index in [1.165, 1.54) is 20.2 Å². The summed E-state index contributed by atoms with van der Waals surface area (Å²) in [7, 11) is 1.66. The van der Waals surface area contributed by atoms with Crippen molar-refractivity contribution in [1.29, 1.82) is 0 Å². The number of benzene rings is 3. The smallest absolute Gasteiger partial charge is 0.171 e.